The number of hydrogen-bond acceptors (Lipinski definition) is 4. The molecule has 1 aromatic rings. The quantitative estimate of drug-likeness (QED) is 0.741. The van der Waals surface area contributed by atoms with Crippen LogP contribution in [0.15, 0.2) is 18.2 Å². The number of amides is 1. The van der Waals surface area contributed by atoms with Crippen molar-refractivity contribution in [3.8, 4) is 6.07 Å². The van der Waals surface area contributed by atoms with Gasteiger partial charge in [-0.25, -0.2) is 0 Å². The number of hydrogen-bond donors (Lipinski definition) is 3. The van der Waals surface area contributed by atoms with Crippen LogP contribution in [-0.2, 0) is 4.79 Å². The summed E-state index contributed by atoms with van der Waals surface area (Å²) in [5.74, 6) is -0.238. The Morgan fingerprint density at radius 1 is 1.61 bits per heavy atom. The number of β-amino-alcohol motifs (C(OH)–C–C–N with tert-alkyl or cyclic N) is 1. The van der Waals surface area contributed by atoms with Crippen molar-refractivity contribution in [2.75, 3.05) is 11.9 Å². The van der Waals surface area contributed by atoms with E-state index in [0.29, 0.717) is 29.2 Å². The highest BCUT2D eigenvalue weighted by Crippen LogP contribution is 2.23. The van der Waals surface area contributed by atoms with Crippen molar-refractivity contribution in [2.45, 2.75) is 18.6 Å². The average molecular weight is 266 g/mol. The lowest BCUT2D eigenvalue weighted by Gasteiger charge is -2.12. The molecule has 0 radical (unpaired) electrons. The van der Waals surface area contributed by atoms with Gasteiger partial charge in [0.2, 0.25) is 5.91 Å². The molecule has 5 nitrogen and oxygen atoms in total. The zero-order valence-electron chi connectivity index (χ0n) is 9.48. The summed E-state index contributed by atoms with van der Waals surface area (Å²) in [6.45, 7) is 0.416. The van der Waals surface area contributed by atoms with Crippen LogP contribution in [-0.4, -0.2) is 29.7 Å². The molecule has 2 unspecified atom stereocenters. The molecular formula is C12H12ClN3O2. The highest BCUT2D eigenvalue weighted by molar-refractivity contribution is 6.33. The van der Waals surface area contributed by atoms with E-state index in [9.17, 15) is 9.90 Å². The van der Waals surface area contributed by atoms with E-state index in [1.165, 1.54) is 6.07 Å². The van der Waals surface area contributed by atoms with Crippen LogP contribution < -0.4 is 10.6 Å². The fourth-order valence-electron chi connectivity index (χ4n) is 1.82. The third-order valence-electron chi connectivity index (χ3n) is 2.78. The van der Waals surface area contributed by atoms with E-state index in [1.54, 1.807) is 12.1 Å². The topological polar surface area (TPSA) is 85.2 Å². The van der Waals surface area contributed by atoms with Crippen LogP contribution in [0.3, 0.4) is 0 Å². The van der Waals surface area contributed by atoms with Crippen LogP contribution in [0, 0.1) is 11.3 Å². The predicted molar refractivity (Wildman–Crippen MR) is 67.2 cm³/mol. The van der Waals surface area contributed by atoms with Gasteiger partial charge in [0, 0.05) is 6.54 Å². The number of benzene rings is 1. The molecule has 1 fully saturated rings. The molecule has 2 rings (SSSR count). The van der Waals surface area contributed by atoms with Crippen molar-refractivity contribution in [3.05, 3.63) is 28.8 Å². The maximum atomic E-state index is 11.9. The van der Waals surface area contributed by atoms with Gasteiger partial charge in [-0.05, 0) is 24.6 Å². The van der Waals surface area contributed by atoms with Gasteiger partial charge in [-0.1, -0.05) is 11.6 Å². The molecule has 0 bridgehead atoms. The fraction of sp³-hybridized carbons (Fsp3) is 0.333. The Morgan fingerprint density at radius 2 is 2.39 bits per heavy atom. The van der Waals surface area contributed by atoms with Crippen molar-refractivity contribution in [2.24, 2.45) is 0 Å². The number of rotatable bonds is 2. The number of nitrogens with zero attached hydrogens (tertiary/aromatic N) is 1. The second-order valence-corrected chi connectivity index (χ2v) is 4.55. The molecular weight excluding hydrogens is 254 g/mol. The first-order valence-electron chi connectivity index (χ1n) is 5.52. The molecule has 1 heterocycles. The number of carbonyl (C=O) groups is 1. The third kappa shape index (κ3) is 2.79. The van der Waals surface area contributed by atoms with E-state index < -0.39 is 12.1 Å². The maximum Gasteiger partial charge on any atom is 0.241 e. The molecule has 18 heavy (non-hydrogen) atoms. The molecule has 0 spiro atoms. The SMILES string of the molecule is N#Cc1ccc(NC(=O)C2CC(O)CN2)c(Cl)c1. The van der Waals surface area contributed by atoms with E-state index in [-0.39, 0.29) is 5.91 Å². The van der Waals surface area contributed by atoms with Gasteiger partial charge in [-0.2, -0.15) is 5.26 Å². The first-order valence-corrected chi connectivity index (χ1v) is 5.90. The van der Waals surface area contributed by atoms with Gasteiger partial charge in [-0.3, -0.25) is 4.79 Å². The molecule has 1 amide bonds. The van der Waals surface area contributed by atoms with Crippen molar-refractivity contribution in [1.82, 2.24) is 5.32 Å². The predicted octanol–water partition coefficient (Wildman–Crippen LogP) is 0.873. The molecule has 1 aromatic carbocycles. The number of aliphatic hydroxyl groups is 1. The van der Waals surface area contributed by atoms with E-state index >= 15 is 0 Å². The first-order chi connectivity index (χ1) is 8.60. The van der Waals surface area contributed by atoms with Gasteiger partial charge < -0.3 is 15.7 Å². The van der Waals surface area contributed by atoms with Crippen molar-refractivity contribution >= 4 is 23.2 Å². The summed E-state index contributed by atoms with van der Waals surface area (Å²) in [5.41, 5.74) is 0.899. The lowest BCUT2D eigenvalue weighted by atomic mass is 10.1. The summed E-state index contributed by atoms with van der Waals surface area (Å²) in [6, 6.07) is 6.22. The Morgan fingerprint density at radius 3 is 2.94 bits per heavy atom. The Bertz CT molecular complexity index is 513. The molecule has 0 saturated carbocycles. The molecule has 0 aromatic heterocycles. The van der Waals surface area contributed by atoms with E-state index in [1.807, 2.05) is 6.07 Å². The first kappa shape index (κ1) is 12.8. The Hall–Kier alpha value is -1.61. The molecule has 1 aliphatic heterocycles. The Kier molecular flexibility index (Phi) is 3.82. The third-order valence-corrected chi connectivity index (χ3v) is 3.09. The molecule has 1 saturated heterocycles. The van der Waals surface area contributed by atoms with Crippen LogP contribution in [0.25, 0.3) is 0 Å². The highest BCUT2D eigenvalue weighted by Gasteiger charge is 2.28. The zero-order valence-corrected chi connectivity index (χ0v) is 10.2. The summed E-state index contributed by atoms with van der Waals surface area (Å²) in [4.78, 5) is 11.9. The van der Waals surface area contributed by atoms with Crippen LogP contribution in [0.5, 0.6) is 0 Å². The van der Waals surface area contributed by atoms with Gasteiger partial charge in [0.25, 0.3) is 0 Å². The monoisotopic (exact) mass is 265 g/mol. The second-order valence-electron chi connectivity index (χ2n) is 4.15. The molecule has 6 heteroatoms. The molecule has 94 valence electrons. The Labute approximate surface area is 109 Å². The number of halogens is 1. The van der Waals surface area contributed by atoms with Crippen LogP contribution >= 0.6 is 11.6 Å². The minimum absolute atomic E-state index is 0.238. The van der Waals surface area contributed by atoms with Crippen molar-refractivity contribution in [3.63, 3.8) is 0 Å². The van der Waals surface area contributed by atoms with E-state index in [0.717, 1.165) is 0 Å². The second kappa shape index (κ2) is 5.36. The van der Waals surface area contributed by atoms with Crippen molar-refractivity contribution in [1.29, 1.82) is 5.26 Å². The van der Waals surface area contributed by atoms with Gasteiger partial charge in [0.05, 0.1) is 34.5 Å². The fourth-order valence-corrected chi connectivity index (χ4v) is 2.05. The number of aliphatic hydroxyl groups excluding tert-OH is 1. The maximum absolute atomic E-state index is 11.9. The molecule has 1 aliphatic rings. The van der Waals surface area contributed by atoms with Crippen molar-refractivity contribution < 1.29 is 9.90 Å². The van der Waals surface area contributed by atoms with E-state index in [4.69, 9.17) is 16.9 Å². The smallest absolute Gasteiger partial charge is 0.241 e. The largest absolute Gasteiger partial charge is 0.392 e. The zero-order chi connectivity index (χ0) is 13.1. The van der Waals surface area contributed by atoms with Crippen LogP contribution in [0.4, 0.5) is 5.69 Å². The molecule has 2 atom stereocenters. The average Bonchev–Trinajstić information content (AvgIpc) is 2.78. The van der Waals surface area contributed by atoms with E-state index in [2.05, 4.69) is 10.6 Å². The van der Waals surface area contributed by atoms with Gasteiger partial charge in [-0.15, -0.1) is 0 Å². The number of nitriles is 1. The number of anilines is 1. The van der Waals surface area contributed by atoms with Gasteiger partial charge >= 0.3 is 0 Å². The number of carbonyl (C=O) groups excluding carboxylic acids is 1. The standard InChI is InChI=1S/C12H12ClN3O2/c13-9-3-7(5-14)1-2-10(9)16-12(18)11-4-8(17)6-15-11/h1-3,8,11,15,17H,4,6H2,(H,16,18). The normalized spacial score (nSPS) is 22.5. The lowest BCUT2D eigenvalue weighted by Crippen LogP contribution is -2.35. The minimum atomic E-state index is -0.489. The van der Waals surface area contributed by atoms with Gasteiger partial charge in [0.1, 0.15) is 0 Å². The lowest BCUT2D eigenvalue weighted by molar-refractivity contribution is -0.117. The summed E-state index contributed by atoms with van der Waals surface area (Å²) >= 11 is 5.95. The summed E-state index contributed by atoms with van der Waals surface area (Å²) in [6.07, 6.45) is -0.100. The summed E-state index contributed by atoms with van der Waals surface area (Å²) in [5, 5.41) is 23.9. The van der Waals surface area contributed by atoms with Gasteiger partial charge in [0.15, 0.2) is 0 Å². The molecule has 0 aliphatic carbocycles. The summed E-state index contributed by atoms with van der Waals surface area (Å²) < 4.78 is 0. The summed E-state index contributed by atoms with van der Waals surface area (Å²) in [7, 11) is 0. The Balaban J connectivity index is 2.06. The van der Waals surface area contributed by atoms with Crippen LogP contribution in [0.1, 0.15) is 12.0 Å². The number of nitrogens with one attached hydrogen (secondary N) is 2. The molecule has 3 N–H and O–H groups in total. The van der Waals surface area contributed by atoms with Crippen LogP contribution in [0.2, 0.25) is 5.02 Å². The minimum Gasteiger partial charge on any atom is -0.392 e. The highest BCUT2D eigenvalue weighted by atomic mass is 35.5.